The van der Waals surface area contributed by atoms with Crippen molar-refractivity contribution in [2.24, 2.45) is 5.92 Å². The highest BCUT2D eigenvalue weighted by Gasteiger charge is 2.36. The fraction of sp³-hybridized carbons (Fsp3) is 0.611. The van der Waals surface area contributed by atoms with E-state index in [2.05, 4.69) is 29.1 Å². The van der Waals surface area contributed by atoms with Crippen molar-refractivity contribution in [1.29, 1.82) is 0 Å². The van der Waals surface area contributed by atoms with Gasteiger partial charge in [-0.3, -0.25) is 9.69 Å². The van der Waals surface area contributed by atoms with Gasteiger partial charge in [0, 0.05) is 51.3 Å². The Morgan fingerprint density at radius 2 is 2.09 bits per heavy atom. The van der Waals surface area contributed by atoms with Crippen LogP contribution >= 0.6 is 0 Å². The first-order chi connectivity index (χ1) is 11.1. The SMILES string of the molecule is CC1CC1c1ccc(C=CC(=O)NCCN2CCN(C)CC2)o1. The number of piperazine rings is 1. The Bertz CT molecular complexity index is 558. The summed E-state index contributed by atoms with van der Waals surface area (Å²) in [4.78, 5) is 16.6. The molecule has 3 rings (SSSR count). The molecule has 2 atom stereocenters. The van der Waals surface area contributed by atoms with E-state index in [0.29, 0.717) is 12.5 Å². The van der Waals surface area contributed by atoms with Crippen LogP contribution in [0.4, 0.5) is 0 Å². The summed E-state index contributed by atoms with van der Waals surface area (Å²) >= 11 is 0. The lowest BCUT2D eigenvalue weighted by atomic mass is 10.3. The molecule has 0 radical (unpaired) electrons. The Morgan fingerprint density at radius 1 is 1.35 bits per heavy atom. The van der Waals surface area contributed by atoms with Gasteiger partial charge in [-0.15, -0.1) is 0 Å². The Kier molecular flexibility index (Phi) is 5.18. The van der Waals surface area contributed by atoms with Crippen molar-refractivity contribution in [3.63, 3.8) is 0 Å². The first-order valence-corrected chi connectivity index (χ1v) is 8.58. The Balaban J connectivity index is 1.36. The zero-order valence-electron chi connectivity index (χ0n) is 14.1. The summed E-state index contributed by atoms with van der Waals surface area (Å²) in [6.07, 6.45) is 4.52. The number of carbonyl (C=O) groups excluding carboxylic acids is 1. The van der Waals surface area contributed by atoms with Crippen LogP contribution in [0.1, 0.15) is 30.8 Å². The number of furan rings is 1. The predicted octanol–water partition coefficient (Wildman–Crippen LogP) is 1.78. The Labute approximate surface area is 138 Å². The minimum atomic E-state index is -0.0585. The molecule has 0 aromatic carbocycles. The van der Waals surface area contributed by atoms with Crippen LogP contribution < -0.4 is 5.32 Å². The fourth-order valence-electron chi connectivity index (χ4n) is 3.00. The number of hydrogen-bond donors (Lipinski definition) is 1. The monoisotopic (exact) mass is 317 g/mol. The zero-order chi connectivity index (χ0) is 16.2. The van der Waals surface area contributed by atoms with E-state index in [-0.39, 0.29) is 5.91 Å². The molecule has 0 spiro atoms. The van der Waals surface area contributed by atoms with Gasteiger partial charge in [0.2, 0.25) is 5.91 Å². The zero-order valence-corrected chi connectivity index (χ0v) is 14.1. The lowest BCUT2D eigenvalue weighted by molar-refractivity contribution is -0.116. The topological polar surface area (TPSA) is 48.7 Å². The number of nitrogens with zero attached hydrogens (tertiary/aromatic N) is 2. The molecule has 2 fully saturated rings. The van der Waals surface area contributed by atoms with E-state index in [0.717, 1.165) is 50.2 Å². The van der Waals surface area contributed by atoms with Crippen LogP contribution in [0.5, 0.6) is 0 Å². The lowest BCUT2D eigenvalue weighted by Gasteiger charge is -2.32. The molecule has 1 aromatic rings. The van der Waals surface area contributed by atoms with Crippen LogP contribution in [0.15, 0.2) is 22.6 Å². The largest absolute Gasteiger partial charge is 0.461 e. The minimum Gasteiger partial charge on any atom is -0.461 e. The summed E-state index contributed by atoms with van der Waals surface area (Å²) in [5.41, 5.74) is 0. The van der Waals surface area contributed by atoms with Crippen molar-refractivity contribution in [2.75, 3.05) is 46.3 Å². The average Bonchev–Trinajstić information content (AvgIpc) is 3.09. The van der Waals surface area contributed by atoms with Crippen molar-refractivity contribution in [2.45, 2.75) is 19.3 Å². The van der Waals surface area contributed by atoms with Crippen molar-refractivity contribution in [3.05, 3.63) is 29.7 Å². The highest BCUT2D eigenvalue weighted by atomic mass is 16.3. The first kappa shape index (κ1) is 16.3. The summed E-state index contributed by atoms with van der Waals surface area (Å²) in [7, 11) is 2.15. The molecule has 1 saturated heterocycles. The maximum absolute atomic E-state index is 11.8. The lowest BCUT2D eigenvalue weighted by Crippen LogP contribution is -2.46. The van der Waals surface area contributed by atoms with Gasteiger partial charge in [-0.2, -0.15) is 0 Å². The second kappa shape index (κ2) is 7.32. The number of nitrogens with one attached hydrogen (secondary N) is 1. The molecule has 126 valence electrons. The summed E-state index contributed by atoms with van der Waals surface area (Å²) in [6.45, 7) is 8.21. The van der Waals surface area contributed by atoms with Gasteiger partial charge in [0.15, 0.2) is 0 Å². The number of amides is 1. The molecule has 5 heteroatoms. The van der Waals surface area contributed by atoms with Crippen LogP contribution in [0.25, 0.3) is 6.08 Å². The molecular weight excluding hydrogens is 290 g/mol. The third-order valence-electron chi connectivity index (χ3n) is 4.84. The molecular formula is C18H27N3O2. The van der Waals surface area contributed by atoms with Gasteiger partial charge in [-0.25, -0.2) is 0 Å². The molecule has 1 aromatic heterocycles. The molecule has 2 unspecified atom stereocenters. The molecule has 23 heavy (non-hydrogen) atoms. The molecule has 2 heterocycles. The van der Waals surface area contributed by atoms with Crippen LogP contribution in [-0.4, -0.2) is 62.0 Å². The van der Waals surface area contributed by atoms with Gasteiger partial charge in [-0.05, 0) is 37.6 Å². The van der Waals surface area contributed by atoms with E-state index in [1.165, 1.54) is 6.42 Å². The Hall–Kier alpha value is -1.59. The van der Waals surface area contributed by atoms with Crippen molar-refractivity contribution in [1.82, 2.24) is 15.1 Å². The normalized spacial score (nSPS) is 25.8. The summed E-state index contributed by atoms with van der Waals surface area (Å²) in [5, 5.41) is 2.94. The van der Waals surface area contributed by atoms with E-state index < -0.39 is 0 Å². The summed E-state index contributed by atoms with van der Waals surface area (Å²) in [5.74, 6) is 3.06. The molecule has 1 N–H and O–H groups in total. The molecule has 1 saturated carbocycles. The second-order valence-corrected chi connectivity index (χ2v) is 6.83. The highest BCUT2D eigenvalue weighted by molar-refractivity contribution is 5.91. The molecule has 0 bridgehead atoms. The van der Waals surface area contributed by atoms with Gasteiger partial charge >= 0.3 is 0 Å². The maximum atomic E-state index is 11.8. The molecule has 1 amide bonds. The van der Waals surface area contributed by atoms with Gasteiger partial charge in [0.1, 0.15) is 11.5 Å². The average molecular weight is 317 g/mol. The molecule has 5 nitrogen and oxygen atoms in total. The number of likely N-dealkylation sites (N-methyl/N-ethyl adjacent to an activating group) is 1. The number of hydrogen-bond acceptors (Lipinski definition) is 4. The quantitative estimate of drug-likeness (QED) is 0.813. The highest BCUT2D eigenvalue weighted by Crippen LogP contribution is 2.47. The van der Waals surface area contributed by atoms with Crippen molar-refractivity contribution >= 4 is 12.0 Å². The maximum Gasteiger partial charge on any atom is 0.244 e. The van der Waals surface area contributed by atoms with Crippen LogP contribution in [-0.2, 0) is 4.79 Å². The fourth-order valence-corrected chi connectivity index (χ4v) is 3.00. The molecule has 2 aliphatic rings. The first-order valence-electron chi connectivity index (χ1n) is 8.58. The van der Waals surface area contributed by atoms with E-state index in [1.807, 2.05) is 12.1 Å². The third kappa shape index (κ3) is 4.69. The van der Waals surface area contributed by atoms with Gasteiger partial charge in [0.25, 0.3) is 0 Å². The smallest absolute Gasteiger partial charge is 0.244 e. The van der Waals surface area contributed by atoms with Gasteiger partial charge < -0.3 is 14.6 Å². The van der Waals surface area contributed by atoms with Gasteiger partial charge in [0.05, 0.1) is 0 Å². The van der Waals surface area contributed by atoms with E-state index in [1.54, 1.807) is 12.2 Å². The number of rotatable bonds is 6. The summed E-state index contributed by atoms with van der Waals surface area (Å²) in [6, 6.07) is 3.97. The Morgan fingerprint density at radius 3 is 2.78 bits per heavy atom. The summed E-state index contributed by atoms with van der Waals surface area (Å²) < 4.78 is 5.76. The minimum absolute atomic E-state index is 0.0585. The standard InChI is InChI=1S/C18H27N3O2/c1-14-13-16(14)17-5-3-15(23-17)4-6-18(22)19-7-8-21-11-9-20(2)10-12-21/h3-6,14,16H,7-13H2,1-2H3,(H,19,22). The van der Waals surface area contributed by atoms with E-state index in [4.69, 9.17) is 4.42 Å². The molecule has 1 aliphatic heterocycles. The van der Waals surface area contributed by atoms with E-state index >= 15 is 0 Å². The van der Waals surface area contributed by atoms with Crippen LogP contribution in [0.2, 0.25) is 0 Å². The molecule has 1 aliphatic carbocycles. The van der Waals surface area contributed by atoms with Gasteiger partial charge in [-0.1, -0.05) is 6.92 Å². The van der Waals surface area contributed by atoms with Crippen molar-refractivity contribution in [3.8, 4) is 0 Å². The second-order valence-electron chi connectivity index (χ2n) is 6.83. The predicted molar refractivity (Wildman–Crippen MR) is 91.2 cm³/mol. The van der Waals surface area contributed by atoms with Crippen molar-refractivity contribution < 1.29 is 9.21 Å². The van der Waals surface area contributed by atoms with E-state index in [9.17, 15) is 4.79 Å². The van der Waals surface area contributed by atoms with Crippen LogP contribution in [0, 0.1) is 5.92 Å². The van der Waals surface area contributed by atoms with Crippen LogP contribution in [0.3, 0.4) is 0 Å². The third-order valence-corrected chi connectivity index (χ3v) is 4.84. The number of carbonyl (C=O) groups is 1.